The van der Waals surface area contributed by atoms with E-state index in [4.69, 9.17) is 9.47 Å². The van der Waals surface area contributed by atoms with Gasteiger partial charge in [-0.05, 0) is 30.5 Å². The van der Waals surface area contributed by atoms with E-state index in [1.165, 1.54) is 42.5 Å². The number of nitrogens with zero attached hydrogens (tertiary/aromatic N) is 6. The van der Waals surface area contributed by atoms with Gasteiger partial charge in [0.25, 0.3) is 5.95 Å². The number of hydrogen-bond acceptors (Lipinski definition) is 7. The lowest BCUT2D eigenvalue weighted by Gasteiger charge is -2.23. The molecule has 4 rings (SSSR count). The Morgan fingerprint density at radius 2 is 1.82 bits per heavy atom. The van der Waals surface area contributed by atoms with Gasteiger partial charge < -0.3 is 9.47 Å². The Hall–Kier alpha value is -3.89. The van der Waals surface area contributed by atoms with E-state index in [0.29, 0.717) is 16.6 Å². The van der Waals surface area contributed by atoms with Gasteiger partial charge in [0.15, 0.2) is 0 Å². The number of carbonyl (C=O) groups is 1. The van der Waals surface area contributed by atoms with Crippen LogP contribution >= 0.6 is 0 Å². The quantitative estimate of drug-likeness (QED) is 0.391. The van der Waals surface area contributed by atoms with Crippen LogP contribution in [0.5, 0.6) is 5.88 Å². The molecule has 0 radical (unpaired) electrons. The summed E-state index contributed by atoms with van der Waals surface area (Å²) in [4.78, 5) is 20.8. The second-order valence-electron chi connectivity index (χ2n) is 7.64. The molecule has 172 valence electrons. The normalized spacial score (nSPS) is 12.3. The lowest BCUT2D eigenvalue weighted by Crippen LogP contribution is -2.19. The third-order valence-corrected chi connectivity index (χ3v) is 5.01. The Balaban J connectivity index is 1.82. The molecule has 0 fully saturated rings. The number of rotatable bonds is 7. The Labute approximate surface area is 188 Å². The van der Waals surface area contributed by atoms with Crippen molar-refractivity contribution in [2.24, 2.45) is 5.92 Å². The molecular weight excluding hydrogens is 434 g/mol. The molecule has 1 unspecified atom stereocenters. The molecule has 0 saturated carbocycles. The molecule has 0 saturated heterocycles. The number of halogens is 2. The average molecular weight is 456 g/mol. The summed E-state index contributed by atoms with van der Waals surface area (Å²) >= 11 is 0. The standard InChI is InChI=1S/C22H22F2N6O3/c1-5-33-21(31)14-9-25-29(11-14)22-27-17-10-26-30(19(17)20(28-22)32-4)18(12(2)3)13-6-15(23)8-16(24)7-13/h6-12,18H,5H2,1-4H3. The van der Waals surface area contributed by atoms with Crippen LogP contribution in [0.3, 0.4) is 0 Å². The maximum atomic E-state index is 13.9. The van der Waals surface area contributed by atoms with Crippen LogP contribution in [0.15, 0.2) is 36.8 Å². The molecule has 0 bridgehead atoms. The SMILES string of the molecule is CCOC(=O)c1cnn(-c2nc(OC)c3c(cnn3C(c3cc(F)cc(F)c3)C(C)C)n2)c1. The highest BCUT2D eigenvalue weighted by Crippen LogP contribution is 2.33. The van der Waals surface area contributed by atoms with E-state index >= 15 is 0 Å². The van der Waals surface area contributed by atoms with Gasteiger partial charge in [0.2, 0.25) is 5.88 Å². The summed E-state index contributed by atoms with van der Waals surface area (Å²) in [5, 5.41) is 8.57. The van der Waals surface area contributed by atoms with Crippen LogP contribution in [0.4, 0.5) is 8.78 Å². The molecule has 0 amide bonds. The van der Waals surface area contributed by atoms with Crippen LogP contribution in [0.25, 0.3) is 17.0 Å². The summed E-state index contributed by atoms with van der Waals surface area (Å²) in [6, 6.07) is 2.89. The monoisotopic (exact) mass is 456 g/mol. The molecule has 33 heavy (non-hydrogen) atoms. The van der Waals surface area contributed by atoms with E-state index in [0.717, 1.165) is 6.07 Å². The Morgan fingerprint density at radius 3 is 2.45 bits per heavy atom. The van der Waals surface area contributed by atoms with Crippen LogP contribution < -0.4 is 4.74 Å². The molecule has 1 atom stereocenters. The third-order valence-electron chi connectivity index (χ3n) is 5.01. The van der Waals surface area contributed by atoms with E-state index in [-0.39, 0.29) is 29.9 Å². The lowest BCUT2D eigenvalue weighted by molar-refractivity contribution is 0.0526. The van der Waals surface area contributed by atoms with E-state index in [1.54, 1.807) is 11.6 Å². The highest BCUT2D eigenvalue weighted by Gasteiger charge is 2.26. The fraction of sp³-hybridized carbons (Fsp3) is 0.318. The highest BCUT2D eigenvalue weighted by atomic mass is 19.1. The maximum Gasteiger partial charge on any atom is 0.341 e. The predicted octanol–water partition coefficient (Wildman–Crippen LogP) is 3.72. The van der Waals surface area contributed by atoms with Crippen LogP contribution in [0.1, 0.15) is 42.7 Å². The number of fused-ring (bicyclic) bond motifs is 1. The summed E-state index contributed by atoms with van der Waals surface area (Å²) in [7, 11) is 1.45. The first-order chi connectivity index (χ1) is 15.8. The van der Waals surface area contributed by atoms with Crippen molar-refractivity contribution in [2.45, 2.75) is 26.8 Å². The smallest absolute Gasteiger partial charge is 0.341 e. The second-order valence-corrected chi connectivity index (χ2v) is 7.64. The van der Waals surface area contributed by atoms with Crippen molar-refractivity contribution in [1.29, 1.82) is 0 Å². The van der Waals surface area contributed by atoms with Crippen molar-refractivity contribution in [1.82, 2.24) is 29.5 Å². The summed E-state index contributed by atoms with van der Waals surface area (Å²) in [6.45, 7) is 5.79. The van der Waals surface area contributed by atoms with Crippen molar-refractivity contribution in [2.75, 3.05) is 13.7 Å². The molecule has 4 aromatic rings. The molecule has 0 spiro atoms. The van der Waals surface area contributed by atoms with E-state index in [9.17, 15) is 13.6 Å². The zero-order chi connectivity index (χ0) is 23.7. The fourth-order valence-electron chi connectivity index (χ4n) is 3.68. The Kier molecular flexibility index (Phi) is 6.03. The molecule has 11 heteroatoms. The summed E-state index contributed by atoms with van der Waals surface area (Å²) in [5.41, 5.74) is 1.57. The summed E-state index contributed by atoms with van der Waals surface area (Å²) in [6.07, 6.45) is 4.33. The number of methoxy groups -OCH3 is 1. The lowest BCUT2D eigenvalue weighted by atomic mass is 9.96. The largest absolute Gasteiger partial charge is 0.479 e. The van der Waals surface area contributed by atoms with Gasteiger partial charge in [-0.1, -0.05) is 13.8 Å². The number of esters is 1. The van der Waals surface area contributed by atoms with Crippen molar-refractivity contribution >= 4 is 17.0 Å². The number of hydrogen-bond donors (Lipinski definition) is 0. The minimum Gasteiger partial charge on any atom is -0.479 e. The maximum absolute atomic E-state index is 13.9. The molecule has 0 aliphatic heterocycles. The fourth-order valence-corrected chi connectivity index (χ4v) is 3.68. The minimum atomic E-state index is -0.673. The van der Waals surface area contributed by atoms with Crippen molar-refractivity contribution in [3.8, 4) is 11.8 Å². The van der Waals surface area contributed by atoms with E-state index in [1.807, 2.05) is 13.8 Å². The topological polar surface area (TPSA) is 97.0 Å². The minimum absolute atomic E-state index is 0.0723. The van der Waals surface area contributed by atoms with Crippen molar-refractivity contribution in [3.63, 3.8) is 0 Å². The van der Waals surface area contributed by atoms with Crippen LogP contribution in [-0.4, -0.2) is 49.2 Å². The van der Waals surface area contributed by atoms with Gasteiger partial charge in [0, 0.05) is 12.3 Å². The molecule has 0 aliphatic rings. The molecule has 0 N–H and O–H groups in total. The van der Waals surface area contributed by atoms with Gasteiger partial charge in [-0.2, -0.15) is 15.2 Å². The number of benzene rings is 1. The van der Waals surface area contributed by atoms with E-state index in [2.05, 4.69) is 20.2 Å². The van der Waals surface area contributed by atoms with Crippen LogP contribution in [0.2, 0.25) is 0 Å². The van der Waals surface area contributed by atoms with Gasteiger partial charge in [0.05, 0.1) is 37.7 Å². The molecular formula is C22H22F2N6O3. The molecule has 0 aliphatic carbocycles. The molecule has 1 aromatic carbocycles. The molecule has 3 aromatic heterocycles. The number of aromatic nitrogens is 6. The summed E-state index contributed by atoms with van der Waals surface area (Å²) in [5.74, 6) is -1.57. The van der Waals surface area contributed by atoms with Crippen LogP contribution in [0, 0.1) is 17.6 Å². The first-order valence-corrected chi connectivity index (χ1v) is 10.3. The predicted molar refractivity (Wildman–Crippen MR) is 114 cm³/mol. The first kappa shape index (κ1) is 22.3. The van der Waals surface area contributed by atoms with Crippen molar-refractivity contribution in [3.05, 3.63) is 59.6 Å². The summed E-state index contributed by atoms with van der Waals surface area (Å²) < 4.78 is 41.3. The average Bonchev–Trinajstić information content (AvgIpc) is 3.40. The van der Waals surface area contributed by atoms with Gasteiger partial charge in [0.1, 0.15) is 22.7 Å². The first-order valence-electron chi connectivity index (χ1n) is 10.3. The zero-order valence-corrected chi connectivity index (χ0v) is 18.5. The second kappa shape index (κ2) is 8.93. The highest BCUT2D eigenvalue weighted by molar-refractivity contribution is 5.88. The Morgan fingerprint density at radius 1 is 1.09 bits per heavy atom. The van der Waals surface area contributed by atoms with Crippen LogP contribution in [-0.2, 0) is 4.74 Å². The Bertz CT molecular complexity index is 1300. The van der Waals surface area contributed by atoms with Gasteiger partial charge in [-0.3, -0.25) is 0 Å². The zero-order valence-electron chi connectivity index (χ0n) is 18.5. The molecule has 9 nitrogen and oxygen atoms in total. The van der Waals surface area contributed by atoms with Gasteiger partial charge >= 0.3 is 5.97 Å². The third kappa shape index (κ3) is 4.26. The van der Waals surface area contributed by atoms with Gasteiger partial charge in [-0.25, -0.2) is 27.9 Å². The number of carbonyl (C=O) groups excluding carboxylic acids is 1. The molecule has 3 heterocycles. The van der Waals surface area contributed by atoms with Crippen molar-refractivity contribution < 1.29 is 23.0 Å². The van der Waals surface area contributed by atoms with E-state index < -0.39 is 23.6 Å². The number of ether oxygens (including phenoxy) is 2. The van der Waals surface area contributed by atoms with Gasteiger partial charge in [-0.15, -0.1) is 0 Å².